The molecule has 0 atom stereocenters. The molecule has 0 aliphatic carbocycles. The summed E-state index contributed by atoms with van der Waals surface area (Å²) < 4.78 is 31.6. The number of hydrogen-bond donors (Lipinski definition) is 3. The minimum absolute atomic E-state index is 0.0521. The molecule has 0 fully saturated rings. The third kappa shape index (κ3) is 4.69. The van der Waals surface area contributed by atoms with Crippen LogP contribution in [0.4, 0.5) is 0 Å². The van der Waals surface area contributed by atoms with Crippen molar-refractivity contribution in [2.24, 2.45) is 0 Å². The van der Waals surface area contributed by atoms with E-state index in [1.165, 1.54) is 0 Å². The van der Waals surface area contributed by atoms with E-state index in [-0.39, 0.29) is 5.56 Å². The molecule has 2 aromatic rings. The number of aromatic amines is 1. The zero-order chi connectivity index (χ0) is 12.2. The molecule has 0 aliphatic heterocycles. The van der Waals surface area contributed by atoms with Crippen LogP contribution in [-0.4, -0.2) is 22.5 Å². The molecule has 1 aromatic heterocycles. The molecule has 0 spiro atoms. The fraction of sp³-hybridized carbons (Fsp3) is 0. The molecule has 0 radical (unpaired) electrons. The van der Waals surface area contributed by atoms with Gasteiger partial charge in [0.2, 0.25) is 5.56 Å². The van der Waals surface area contributed by atoms with Crippen molar-refractivity contribution in [3.63, 3.8) is 0 Å². The lowest BCUT2D eigenvalue weighted by molar-refractivity contribution is 0.381. The van der Waals surface area contributed by atoms with Gasteiger partial charge in [-0.3, -0.25) is 13.9 Å². The van der Waals surface area contributed by atoms with Gasteiger partial charge in [-0.15, -0.1) is 0 Å². The lowest BCUT2D eigenvalue weighted by Crippen LogP contribution is -2.00. The summed E-state index contributed by atoms with van der Waals surface area (Å²) in [4.78, 5) is 13.4. The van der Waals surface area contributed by atoms with Crippen LogP contribution in [0.1, 0.15) is 0 Å². The van der Waals surface area contributed by atoms with Gasteiger partial charge in [0.1, 0.15) is 0 Å². The Labute approximate surface area is 91.1 Å². The standard InChI is InChI=1S/C9H7NO.H2O4S/c11-9-5-7-3-1-2-4-8(7)6-10-9;1-5(2,3)4/h1-6H,(H,10,11);(H2,1,2,3,4). The average Bonchev–Trinajstić information content (AvgIpc) is 2.15. The molecular weight excluding hydrogens is 234 g/mol. The van der Waals surface area contributed by atoms with Crippen LogP contribution < -0.4 is 5.56 Å². The Morgan fingerprint density at radius 2 is 1.56 bits per heavy atom. The van der Waals surface area contributed by atoms with Gasteiger partial charge in [0, 0.05) is 12.3 Å². The van der Waals surface area contributed by atoms with Crippen LogP contribution >= 0.6 is 0 Å². The highest BCUT2D eigenvalue weighted by molar-refractivity contribution is 7.79. The van der Waals surface area contributed by atoms with E-state index in [0.29, 0.717) is 0 Å². The van der Waals surface area contributed by atoms with E-state index < -0.39 is 10.4 Å². The summed E-state index contributed by atoms with van der Waals surface area (Å²) in [5.41, 5.74) is -0.0521. The molecule has 1 aromatic carbocycles. The van der Waals surface area contributed by atoms with Gasteiger partial charge in [0.15, 0.2) is 0 Å². The van der Waals surface area contributed by atoms with Gasteiger partial charge < -0.3 is 4.98 Å². The maximum atomic E-state index is 10.8. The lowest BCUT2D eigenvalue weighted by atomic mass is 10.2. The zero-order valence-electron chi connectivity index (χ0n) is 7.99. The number of aromatic nitrogens is 1. The third-order valence-corrected chi connectivity index (χ3v) is 1.65. The summed E-state index contributed by atoms with van der Waals surface area (Å²) in [6, 6.07) is 9.34. The van der Waals surface area contributed by atoms with Crippen LogP contribution in [0.3, 0.4) is 0 Å². The van der Waals surface area contributed by atoms with Crippen molar-refractivity contribution in [1.82, 2.24) is 4.98 Å². The first-order valence-electron chi connectivity index (χ1n) is 4.13. The quantitative estimate of drug-likeness (QED) is 0.595. The third-order valence-electron chi connectivity index (χ3n) is 1.65. The Balaban J connectivity index is 0.000000221. The second-order valence-electron chi connectivity index (χ2n) is 2.87. The van der Waals surface area contributed by atoms with Crippen molar-refractivity contribution in [2.75, 3.05) is 0 Å². The van der Waals surface area contributed by atoms with Crippen molar-refractivity contribution in [1.29, 1.82) is 0 Å². The first kappa shape index (κ1) is 12.4. The Morgan fingerprint density at radius 3 is 2.12 bits per heavy atom. The highest BCUT2D eigenvalue weighted by Gasteiger charge is 1.89. The van der Waals surface area contributed by atoms with Crippen molar-refractivity contribution in [2.45, 2.75) is 0 Å². The average molecular weight is 243 g/mol. The molecule has 16 heavy (non-hydrogen) atoms. The number of nitrogens with one attached hydrogen (secondary N) is 1. The minimum atomic E-state index is -4.67. The lowest BCUT2D eigenvalue weighted by Gasteiger charge is -1.92. The Morgan fingerprint density at radius 1 is 1.06 bits per heavy atom. The smallest absolute Gasteiger partial charge is 0.328 e. The van der Waals surface area contributed by atoms with Crippen molar-refractivity contribution in [3.8, 4) is 0 Å². The molecule has 0 bridgehead atoms. The maximum absolute atomic E-state index is 10.8. The van der Waals surface area contributed by atoms with E-state index in [9.17, 15) is 4.79 Å². The van der Waals surface area contributed by atoms with Gasteiger partial charge in [-0.1, -0.05) is 24.3 Å². The van der Waals surface area contributed by atoms with Gasteiger partial charge in [-0.25, -0.2) is 0 Å². The molecule has 0 aliphatic rings. The van der Waals surface area contributed by atoms with Crippen LogP contribution in [-0.2, 0) is 10.4 Å². The topological polar surface area (TPSA) is 107 Å². The summed E-state index contributed by atoms with van der Waals surface area (Å²) >= 11 is 0. The maximum Gasteiger partial charge on any atom is 0.394 e. The number of fused-ring (bicyclic) bond motifs is 1. The number of benzene rings is 1. The fourth-order valence-electron chi connectivity index (χ4n) is 1.11. The van der Waals surface area contributed by atoms with E-state index in [1.54, 1.807) is 12.3 Å². The van der Waals surface area contributed by atoms with Gasteiger partial charge >= 0.3 is 10.4 Å². The molecule has 7 heteroatoms. The molecule has 0 saturated heterocycles. The van der Waals surface area contributed by atoms with Crippen LogP contribution in [0.2, 0.25) is 0 Å². The van der Waals surface area contributed by atoms with Gasteiger partial charge in [-0.2, -0.15) is 8.42 Å². The van der Waals surface area contributed by atoms with Crippen LogP contribution in [0.25, 0.3) is 10.8 Å². The molecule has 86 valence electrons. The second kappa shape index (κ2) is 4.88. The predicted octanol–water partition coefficient (Wildman–Crippen LogP) is 0.875. The number of rotatable bonds is 0. The highest BCUT2D eigenvalue weighted by atomic mass is 32.3. The number of H-pyrrole nitrogens is 1. The Bertz CT molecular complexity index is 623. The van der Waals surface area contributed by atoms with E-state index in [4.69, 9.17) is 17.5 Å². The monoisotopic (exact) mass is 243 g/mol. The van der Waals surface area contributed by atoms with E-state index in [0.717, 1.165) is 10.8 Å². The van der Waals surface area contributed by atoms with Crippen LogP contribution in [0, 0.1) is 0 Å². The van der Waals surface area contributed by atoms with Crippen LogP contribution in [0.15, 0.2) is 41.3 Å². The van der Waals surface area contributed by atoms with Crippen molar-refractivity contribution < 1.29 is 17.5 Å². The van der Waals surface area contributed by atoms with Gasteiger partial charge in [0.05, 0.1) is 0 Å². The molecule has 6 nitrogen and oxygen atoms in total. The summed E-state index contributed by atoms with van der Waals surface area (Å²) in [6.45, 7) is 0. The molecule has 0 amide bonds. The van der Waals surface area contributed by atoms with E-state index in [2.05, 4.69) is 4.98 Å². The predicted molar refractivity (Wildman–Crippen MR) is 58.7 cm³/mol. The summed E-state index contributed by atoms with van der Waals surface area (Å²) in [6.07, 6.45) is 1.72. The molecule has 0 saturated carbocycles. The zero-order valence-corrected chi connectivity index (χ0v) is 8.81. The fourth-order valence-corrected chi connectivity index (χ4v) is 1.11. The number of hydrogen-bond acceptors (Lipinski definition) is 3. The minimum Gasteiger partial charge on any atom is -0.328 e. The van der Waals surface area contributed by atoms with Crippen LogP contribution in [0.5, 0.6) is 0 Å². The first-order valence-corrected chi connectivity index (χ1v) is 5.53. The normalized spacial score (nSPS) is 10.6. The Kier molecular flexibility index (Phi) is 3.78. The van der Waals surface area contributed by atoms with Gasteiger partial charge in [0.25, 0.3) is 0 Å². The Hall–Kier alpha value is -1.70. The molecule has 3 N–H and O–H groups in total. The first-order chi connectivity index (χ1) is 7.36. The molecule has 2 rings (SSSR count). The summed E-state index contributed by atoms with van der Waals surface area (Å²) in [5, 5.41) is 2.04. The second-order valence-corrected chi connectivity index (χ2v) is 3.77. The molecular formula is C9H9NO5S. The summed E-state index contributed by atoms with van der Waals surface area (Å²) in [5.74, 6) is 0. The molecule has 1 heterocycles. The highest BCUT2D eigenvalue weighted by Crippen LogP contribution is 2.07. The van der Waals surface area contributed by atoms with Gasteiger partial charge in [-0.05, 0) is 10.8 Å². The van der Waals surface area contributed by atoms with Crippen molar-refractivity contribution >= 4 is 21.2 Å². The SMILES string of the molecule is O=S(=O)(O)O.O=c1cc2ccccc2c[nH]1. The van der Waals surface area contributed by atoms with E-state index >= 15 is 0 Å². The van der Waals surface area contributed by atoms with Crippen molar-refractivity contribution in [3.05, 3.63) is 46.9 Å². The molecule has 0 unspecified atom stereocenters. The number of pyridine rings is 1. The summed E-state index contributed by atoms with van der Waals surface area (Å²) in [7, 11) is -4.67. The van der Waals surface area contributed by atoms with E-state index in [1.807, 2.05) is 24.3 Å². The largest absolute Gasteiger partial charge is 0.394 e.